The average molecular weight is 342 g/mol. The Bertz CT molecular complexity index is 760. The molecule has 2 nitrogen and oxygen atoms in total. The maximum absolute atomic E-state index is 13.3. The number of carbonyl (C=O) groups is 1. The number of hydrogen-bond donors (Lipinski definition) is 0. The van der Waals surface area contributed by atoms with Crippen LogP contribution in [0.2, 0.25) is 0 Å². The van der Waals surface area contributed by atoms with Crippen LogP contribution in [0.3, 0.4) is 0 Å². The highest BCUT2D eigenvalue weighted by atomic mass is 32.1. The van der Waals surface area contributed by atoms with Crippen LogP contribution in [0.25, 0.3) is 0 Å². The molecule has 0 radical (unpaired) electrons. The number of allylic oxidation sites excluding steroid dienone is 2. The molecule has 4 heteroatoms. The Labute approximate surface area is 144 Å². The summed E-state index contributed by atoms with van der Waals surface area (Å²) < 4.78 is 0. The van der Waals surface area contributed by atoms with Gasteiger partial charge in [0.15, 0.2) is 0 Å². The molecule has 2 bridgehead atoms. The number of nitrogens with zero attached hydrogens (tertiary/aromatic N) is 1. The zero-order chi connectivity index (χ0) is 15.4. The van der Waals surface area contributed by atoms with Crippen molar-refractivity contribution in [3.63, 3.8) is 0 Å². The molecule has 2 aromatic rings. The Kier molecular flexibility index (Phi) is 3.24. The zero-order valence-electron chi connectivity index (χ0n) is 12.9. The summed E-state index contributed by atoms with van der Waals surface area (Å²) in [5, 5.41) is 4.30. The first-order valence-electron chi connectivity index (χ1n) is 8.40. The van der Waals surface area contributed by atoms with Gasteiger partial charge in [0, 0.05) is 22.2 Å². The van der Waals surface area contributed by atoms with E-state index in [1.165, 1.54) is 21.7 Å². The highest BCUT2D eigenvalue weighted by molar-refractivity contribution is 7.10. The third-order valence-electron chi connectivity index (χ3n) is 5.66. The fraction of sp³-hybridized carbons (Fsp3) is 0.421. The third-order valence-corrected chi connectivity index (χ3v) is 7.58. The van der Waals surface area contributed by atoms with Crippen molar-refractivity contribution in [1.82, 2.24) is 4.90 Å². The molecule has 5 rings (SSSR count). The molecule has 118 valence electrons. The molecule has 0 saturated heterocycles. The molecule has 0 spiro atoms. The standard InChI is InChI=1S/C19H19NOS2/c21-19(15-11-12-3-4-13(15)10-12)20-7-5-16-14(6-9-23-16)18(20)17-2-1-8-22-17/h1-4,6,8-9,12-13,15,18H,5,7,10-11H2/t12-,13-,15+,18-/m0/s1. The summed E-state index contributed by atoms with van der Waals surface area (Å²) in [5.74, 6) is 1.74. The molecule has 23 heavy (non-hydrogen) atoms. The van der Waals surface area contributed by atoms with Crippen LogP contribution >= 0.6 is 22.7 Å². The molecule has 3 heterocycles. The maximum Gasteiger partial charge on any atom is 0.227 e. The number of rotatable bonds is 2. The van der Waals surface area contributed by atoms with Gasteiger partial charge in [-0.2, -0.15) is 0 Å². The quantitative estimate of drug-likeness (QED) is 0.737. The Morgan fingerprint density at radius 3 is 2.83 bits per heavy atom. The summed E-state index contributed by atoms with van der Waals surface area (Å²) in [6.07, 6.45) is 7.87. The third kappa shape index (κ3) is 2.15. The molecule has 0 aromatic carbocycles. The van der Waals surface area contributed by atoms with Crippen LogP contribution in [0.15, 0.2) is 41.1 Å². The van der Waals surface area contributed by atoms with Gasteiger partial charge in [-0.05, 0) is 59.6 Å². The maximum atomic E-state index is 13.3. The molecule has 3 aliphatic rings. The first-order chi connectivity index (χ1) is 11.3. The Morgan fingerprint density at radius 2 is 2.09 bits per heavy atom. The van der Waals surface area contributed by atoms with E-state index in [0.29, 0.717) is 17.7 Å². The molecule has 0 N–H and O–H groups in total. The summed E-state index contributed by atoms with van der Waals surface area (Å²) in [5.41, 5.74) is 1.36. The van der Waals surface area contributed by atoms with Crippen LogP contribution in [-0.2, 0) is 11.2 Å². The van der Waals surface area contributed by atoms with E-state index in [9.17, 15) is 4.79 Å². The lowest BCUT2D eigenvalue weighted by Gasteiger charge is -2.38. The minimum atomic E-state index is 0.139. The lowest BCUT2D eigenvalue weighted by atomic mass is 9.89. The molecular formula is C19H19NOS2. The van der Waals surface area contributed by atoms with Crippen molar-refractivity contribution < 1.29 is 4.79 Å². The Hall–Kier alpha value is -1.39. The summed E-state index contributed by atoms with van der Waals surface area (Å²) in [6.45, 7) is 0.868. The van der Waals surface area contributed by atoms with Gasteiger partial charge < -0.3 is 4.90 Å². The highest BCUT2D eigenvalue weighted by Gasteiger charge is 2.44. The van der Waals surface area contributed by atoms with Crippen LogP contribution < -0.4 is 0 Å². The molecule has 1 saturated carbocycles. The summed E-state index contributed by atoms with van der Waals surface area (Å²) in [7, 11) is 0. The van der Waals surface area contributed by atoms with E-state index in [2.05, 4.69) is 46.0 Å². The largest absolute Gasteiger partial charge is 0.330 e. The average Bonchev–Trinajstić information content (AvgIpc) is 3.37. The number of amides is 1. The first-order valence-corrected chi connectivity index (χ1v) is 10.2. The lowest BCUT2D eigenvalue weighted by molar-refractivity contribution is -0.138. The zero-order valence-corrected chi connectivity index (χ0v) is 14.5. The van der Waals surface area contributed by atoms with Crippen molar-refractivity contribution >= 4 is 28.6 Å². The molecule has 0 unspecified atom stereocenters. The molecule has 2 aliphatic carbocycles. The molecule has 1 fully saturated rings. The summed E-state index contributed by atoms with van der Waals surface area (Å²) in [6, 6.07) is 6.65. The SMILES string of the molecule is O=C([C@@H]1C[C@H]2C=C[C@H]1C2)N1CCc2sccc2[C@H]1c1cccs1. The van der Waals surface area contributed by atoms with Crippen LogP contribution in [-0.4, -0.2) is 17.4 Å². The second-order valence-electron chi connectivity index (χ2n) is 6.89. The molecule has 1 amide bonds. The number of thiophene rings is 2. The van der Waals surface area contributed by atoms with Crippen LogP contribution in [0.5, 0.6) is 0 Å². The summed E-state index contributed by atoms with van der Waals surface area (Å²) in [4.78, 5) is 18.3. The molecule has 4 atom stereocenters. The van der Waals surface area contributed by atoms with Gasteiger partial charge in [-0.1, -0.05) is 18.2 Å². The lowest BCUT2D eigenvalue weighted by Crippen LogP contribution is -2.43. The molecular weight excluding hydrogens is 322 g/mol. The number of carbonyl (C=O) groups excluding carboxylic acids is 1. The fourth-order valence-electron chi connectivity index (χ4n) is 4.59. The highest BCUT2D eigenvalue weighted by Crippen LogP contribution is 2.47. The van der Waals surface area contributed by atoms with Gasteiger partial charge in [-0.3, -0.25) is 4.79 Å². The van der Waals surface area contributed by atoms with E-state index in [4.69, 9.17) is 0 Å². The van der Waals surface area contributed by atoms with Gasteiger partial charge in [0.25, 0.3) is 0 Å². The predicted molar refractivity (Wildman–Crippen MR) is 94.7 cm³/mol. The van der Waals surface area contributed by atoms with Crippen LogP contribution in [0.1, 0.15) is 34.2 Å². The van der Waals surface area contributed by atoms with Gasteiger partial charge in [0.1, 0.15) is 0 Å². The molecule has 1 aliphatic heterocycles. The van der Waals surface area contributed by atoms with E-state index in [1.54, 1.807) is 11.3 Å². The van der Waals surface area contributed by atoms with Crippen molar-refractivity contribution in [3.8, 4) is 0 Å². The normalized spacial score (nSPS) is 31.6. The van der Waals surface area contributed by atoms with Crippen LogP contribution in [0.4, 0.5) is 0 Å². The van der Waals surface area contributed by atoms with E-state index in [-0.39, 0.29) is 12.0 Å². The molecule has 2 aromatic heterocycles. The minimum Gasteiger partial charge on any atom is -0.330 e. The fourth-order valence-corrected chi connectivity index (χ4v) is 6.34. The Morgan fingerprint density at radius 1 is 1.13 bits per heavy atom. The van der Waals surface area contributed by atoms with Gasteiger partial charge >= 0.3 is 0 Å². The van der Waals surface area contributed by atoms with Gasteiger partial charge in [0.05, 0.1) is 6.04 Å². The van der Waals surface area contributed by atoms with Crippen molar-refractivity contribution in [1.29, 1.82) is 0 Å². The summed E-state index contributed by atoms with van der Waals surface area (Å²) >= 11 is 3.61. The predicted octanol–water partition coefficient (Wildman–Crippen LogP) is 4.50. The van der Waals surface area contributed by atoms with Crippen molar-refractivity contribution in [3.05, 3.63) is 56.4 Å². The van der Waals surface area contributed by atoms with E-state index in [1.807, 2.05) is 11.3 Å². The van der Waals surface area contributed by atoms with Gasteiger partial charge in [-0.15, -0.1) is 22.7 Å². The second kappa shape index (κ2) is 5.32. The van der Waals surface area contributed by atoms with Crippen molar-refractivity contribution in [2.45, 2.75) is 25.3 Å². The second-order valence-corrected chi connectivity index (χ2v) is 8.87. The van der Waals surface area contributed by atoms with Crippen LogP contribution in [0, 0.1) is 17.8 Å². The minimum absolute atomic E-state index is 0.139. The first kappa shape index (κ1) is 14.0. The van der Waals surface area contributed by atoms with Crippen molar-refractivity contribution in [2.75, 3.05) is 6.54 Å². The topological polar surface area (TPSA) is 20.3 Å². The monoisotopic (exact) mass is 341 g/mol. The van der Waals surface area contributed by atoms with E-state index < -0.39 is 0 Å². The van der Waals surface area contributed by atoms with Gasteiger partial charge in [0.2, 0.25) is 5.91 Å². The number of fused-ring (bicyclic) bond motifs is 3. The Balaban J connectivity index is 1.51. The van der Waals surface area contributed by atoms with Crippen molar-refractivity contribution in [2.24, 2.45) is 17.8 Å². The van der Waals surface area contributed by atoms with E-state index in [0.717, 1.165) is 19.4 Å². The van der Waals surface area contributed by atoms with Gasteiger partial charge in [-0.25, -0.2) is 0 Å². The van der Waals surface area contributed by atoms with E-state index >= 15 is 0 Å². The number of hydrogen-bond acceptors (Lipinski definition) is 3. The smallest absolute Gasteiger partial charge is 0.227 e.